The van der Waals surface area contributed by atoms with E-state index in [1.807, 2.05) is 60.2 Å². The Balaban J connectivity index is 1.64. The maximum absolute atomic E-state index is 12.7. The van der Waals surface area contributed by atoms with E-state index in [9.17, 15) is 4.79 Å². The number of nitrogens with two attached hydrogens (primary N) is 1. The lowest BCUT2D eigenvalue weighted by molar-refractivity contribution is 0.103. The van der Waals surface area contributed by atoms with Crippen molar-refractivity contribution in [3.8, 4) is 10.6 Å². The molecule has 0 spiro atoms. The molecule has 130 valence electrons. The third kappa shape index (κ3) is 3.21. The zero-order valence-corrected chi connectivity index (χ0v) is 16.3. The lowest BCUT2D eigenvalue weighted by Gasteiger charge is -2.05. The number of rotatable bonds is 4. The monoisotopic (exact) mass is 397 g/mol. The zero-order valence-electron chi connectivity index (χ0n) is 13.9. The van der Waals surface area contributed by atoms with Crippen LogP contribution in [-0.2, 0) is 0 Å². The number of thioether (sulfide) groups is 1. The quantitative estimate of drug-likeness (QED) is 0.441. The number of benzene rings is 1. The standard InChI is InChI=1S/C19H15N3OS3/c1-24-12-6-4-11(5-7-12)21-18(23)17-16(20)13-8-9-14(22-19(13)26-17)15-3-2-10-25-15/h2-10H,20H2,1H3,(H,21,23). The second-order valence-electron chi connectivity index (χ2n) is 5.55. The molecule has 0 bridgehead atoms. The highest BCUT2D eigenvalue weighted by Crippen LogP contribution is 2.35. The lowest BCUT2D eigenvalue weighted by atomic mass is 10.2. The first-order chi connectivity index (χ1) is 12.7. The fourth-order valence-corrected chi connectivity index (χ4v) is 4.68. The highest BCUT2D eigenvalue weighted by atomic mass is 32.2. The minimum atomic E-state index is -0.208. The smallest absolute Gasteiger partial charge is 0.267 e. The molecule has 3 N–H and O–H groups in total. The normalized spacial score (nSPS) is 11.0. The fourth-order valence-electron chi connectivity index (χ4n) is 2.59. The van der Waals surface area contributed by atoms with E-state index in [0.29, 0.717) is 10.6 Å². The van der Waals surface area contributed by atoms with Gasteiger partial charge in [0.1, 0.15) is 9.71 Å². The molecule has 0 atom stereocenters. The molecular formula is C19H15N3OS3. The van der Waals surface area contributed by atoms with E-state index in [4.69, 9.17) is 5.73 Å². The van der Waals surface area contributed by atoms with Crippen LogP contribution >= 0.6 is 34.4 Å². The zero-order chi connectivity index (χ0) is 18.1. The SMILES string of the molecule is CSc1ccc(NC(=O)c2sc3nc(-c4cccs4)ccc3c2N)cc1. The fraction of sp³-hybridized carbons (Fsp3) is 0.0526. The van der Waals surface area contributed by atoms with Gasteiger partial charge in [-0.25, -0.2) is 4.98 Å². The molecule has 4 nitrogen and oxygen atoms in total. The van der Waals surface area contributed by atoms with E-state index < -0.39 is 0 Å². The third-order valence-electron chi connectivity index (χ3n) is 3.92. The van der Waals surface area contributed by atoms with Gasteiger partial charge < -0.3 is 11.1 Å². The summed E-state index contributed by atoms with van der Waals surface area (Å²) in [6.07, 6.45) is 2.02. The molecule has 3 heterocycles. The maximum atomic E-state index is 12.7. The summed E-state index contributed by atoms with van der Waals surface area (Å²) in [5, 5.41) is 5.75. The van der Waals surface area contributed by atoms with Crippen molar-refractivity contribution in [2.45, 2.75) is 4.90 Å². The van der Waals surface area contributed by atoms with Crippen molar-refractivity contribution in [3.05, 3.63) is 58.8 Å². The Morgan fingerprint density at radius 3 is 2.65 bits per heavy atom. The second kappa shape index (κ2) is 7.11. The molecule has 0 saturated heterocycles. The number of hydrogen-bond acceptors (Lipinski definition) is 6. The summed E-state index contributed by atoms with van der Waals surface area (Å²) >= 11 is 4.62. The van der Waals surface area contributed by atoms with E-state index in [2.05, 4.69) is 10.3 Å². The Labute approximate surface area is 163 Å². The van der Waals surface area contributed by atoms with E-state index >= 15 is 0 Å². The number of hydrogen-bond donors (Lipinski definition) is 2. The van der Waals surface area contributed by atoms with Crippen molar-refractivity contribution in [1.82, 2.24) is 4.98 Å². The third-order valence-corrected chi connectivity index (χ3v) is 6.67. The summed E-state index contributed by atoms with van der Waals surface area (Å²) in [7, 11) is 0. The van der Waals surface area contributed by atoms with E-state index in [0.717, 1.165) is 31.4 Å². The number of nitrogens with zero attached hydrogens (tertiary/aromatic N) is 1. The van der Waals surface area contributed by atoms with Gasteiger partial charge in [0, 0.05) is 16.0 Å². The number of pyridine rings is 1. The van der Waals surface area contributed by atoms with Crippen molar-refractivity contribution < 1.29 is 4.79 Å². The Kier molecular flexibility index (Phi) is 4.67. The van der Waals surface area contributed by atoms with Gasteiger partial charge in [-0.15, -0.1) is 34.4 Å². The van der Waals surface area contributed by atoms with Crippen LogP contribution in [0.2, 0.25) is 0 Å². The van der Waals surface area contributed by atoms with Gasteiger partial charge in [0.25, 0.3) is 5.91 Å². The predicted octanol–water partition coefficient (Wildman–Crippen LogP) is 5.58. The van der Waals surface area contributed by atoms with Crippen LogP contribution < -0.4 is 11.1 Å². The first kappa shape index (κ1) is 17.1. The second-order valence-corrected chi connectivity index (χ2v) is 8.38. The van der Waals surface area contributed by atoms with Crippen molar-refractivity contribution in [1.29, 1.82) is 0 Å². The number of anilines is 2. The predicted molar refractivity (Wildman–Crippen MR) is 114 cm³/mol. The van der Waals surface area contributed by atoms with Crippen LogP contribution in [0.15, 0.2) is 58.8 Å². The van der Waals surface area contributed by atoms with Crippen LogP contribution in [-0.4, -0.2) is 17.1 Å². The molecule has 7 heteroatoms. The van der Waals surface area contributed by atoms with Crippen LogP contribution in [0.5, 0.6) is 0 Å². The summed E-state index contributed by atoms with van der Waals surface area (Å²) in [6, 6.07) is 15.6. The summed E-state index contributed by atoms with van der Waals surface area (Å²) in [5.41, 5.74) is 8.34. The summed E-state index contributed by atoms with van der Waals surface area (Å²) in [5.74, 6) is -0.208. The van der Waals surface area contributed by atoms with Crippen LogP contribution in [0.3, 0.4) is 0 Å². The van der Waals surface area contributed by atoms with Crippen molar-refractivity contribution >= 4 is 61.9 Å². The van der Waals surface area contributed by atoms with Crippen LogP contribution in [0.4, 0.5) is 11.4 Å². The van der Waals surface area contributed by atoms with E-state index in [1.165, 1.54) is 11.3 Å². The van der Waals surface area contributed by atoms with Gasteiger partial charge in [-0.05, 0) is 54.1 Å². The molecule has 0 fully saturated rings. The Hall–Kier alpha value is -2.35. The molecule has 4 aromatic rings. The maximum Gasteiger partial charge on any atom is 0.267 e. The van der Waals surface area contributed by atoms with Crippen molar-refractivity contribution in [3.63, 3.8) is 0 Å². The van der Waals surface area contributed by atoms with Crippen molar-refractivity contribution in [2.24, 2.45) is 0 Å². The number of aromatic nitrogens is 1. The Morgan fingerprint density at radius 2 is 1.96 bits per heavy atom. The molecule has 4 rings (SSSR count). The van der Waals surface area contributed by atoms with Crippen LogP contribution in [0.25, 0.3) is 20.8 Å². The van der Waals surface area contributed by atoms with Gasteiger partial charge in [-0.3, -0.25) is 4.79 Å². The average molecular weight is 398 g/mol. The summed E-state index contributed by atoms with van der Waals surface area (Å²) in [6.45, 7) is 0. The molecule has 1 amide bonds. The number of nitrogen functional groups attached to an aromatic ring is 1. The lowest BCUT2D eigenvalue weighted by Crippen LogP contribution is -2.11. The molecule has 0 aliphatic heterocycles. The number of nitrogens with one attached hydrogen (secondary N) is 1. The molecule has 26 heavy (non-hydrogen) atoms. The molecule has 0 aliphatic rings. The summed E-state index contributed by atoms with van der Waals surface area (Å²) in [4.78, 5) is 20.8. The van der Waals surface area contributed by atoms with E-state index in [-0.39, 0.29) is 5.91 Å². The Morgan fingerprint density at radius 1 is 1.15 bits per heavy atom. The molecule has 0 radical (unpaired) electrons. The topological polar surface area (TPSA) is 68.0 Å². The largest absolute Gasteiger partial charge is 0.397 e. The van der Waals surface area contributed by atoms with Gasteiger partial charge in [0.05, 0.1) is 16.3 Å². The molecule has 3 aromatic heterocycles. The van der Waals surface area contributed by atoms with Crippen molar-refractivity contribution in [2.75, 3.05) is 17.3 Å². The number of amides is 1. The van der Waals surface area contributed by atoms with Gasteiger partial charge in [-0.1, -0.05) is 6.07 Å². The minimum Gasteiger partial charge on any atom is -0.397 e. The minimum absolute atomic E-state index is 0.208. The molecule has 1 aromatic carbocycles. The first-order valence-electron chi connectivity index (χ1n) is 7.84. The highest BCUT2D eigenvalue weighted by Gasteiger charge is 2.18. The van der Waals surface area contributed by atoms with Gasteiger partial charge in [0.15, 0.2) is 0 Å². The molecular weight excluding hydrogens is 382 g/mol. The van der Waals surface area contributed by atoms with Gasteiger partial charge >= 0.3 is 0 Å². The molecule has 0 unspecified atom stereocenters. The first-order valence-corrected chi connectivity index (χ1v) is 10.8. The number of carbonyl (C=O) groups is 1. The van der Waals surface area contributed by atoms with Crippen LogP contribution in [0, 0.1) is 0 Å². The van der Waals surface area contributed by atoms with Gasteiger partial charge in [0.2, 0.25) is 0 Å². The summed E-state index contributed by atoms with van der Waals surface area (Å²) < 4.78 is 0. The molecule has 0 aliphatic carbocycles. The van der Waals surface area contributed by atoms with Crippen LogP contribution in [0.1, 0.15) is 9.67 Å². The molecule has 0 saturated carbocycles. The van der Waals surface area contributed by atoms with E-state index in [1.54, 1.807) is 23.1 Å². The average Bonchev–Trinajstić information content (AvgIpc) is 3.30. The Bertz CT molecular complexity index is 1070. The highest BCUT2D eigenvalue weighted by molar-refractivity contribution is 7.98. The number of carbonyl (C=O) groups excluding carboxylic acids is 1. The number of thiophene rings is 2. The number of fused-ring (bicyclic) bond motifs is 1. The van der Waals surface area contributed by atoms with Gasteiger partial charge in [-0.2, -0.15) is 0 Å².